The Balaban J connectivity index is 1.63. The molecule has 2 fully saturated rings. The number of hydrogen-bond acceptors (Lipinski definition) is 5. The summed E-state index contributed by atoms with van der Waals surface area (Å²) < 4.78 is 11.6. The quantitative estimate of drug-likeness (QED) is 0.566. The molecule has 1 spiro atoms. The van der Waals surface area contributed by atoms with E-state index in [1.807, 2.05) is 13.2 Å². The summed E-state index contributed by atoms with van der Waals surface area (Å²) in [5, 5.41) is 11.0. The Kier molecular flexibility index (Phi) is 8.33. The molecule has 1 aromatic heterocycles. The summed E-state index contributed by atoms with van der Waals surface area (Å²) in [6.45, 7) is 4.65. The summed E-state index contributed by atoms with van der Waals surface area (Å²) in [6, 6.07) is 0. The summed E-state index contributed by atoms with van der Waals surface area (Å²) >= 11 is 0. The van der Waals surface area contributed by atoms with Gasteiger partial charge in [0, 0.05) is 57.1 Å². The summed E-state index contributed by atoms with van der Waals surface area (Å²) in [6.07, 6.45) is 12.4. The molecule has 160 valence electrons. The molecule has 0 radical (unpaired) electrons. The number of likely N-dealkylation sites (N-methyl/N-ethyl adjacent to an activating group) is 2. The van der Waals surface area contributed by atoms with E-state index in [0.717, 1.165) is 39.3 Å². The molecular weight excluding hydrogens is 352 g/mol. The van der Waals surface area contributed by atoms with E-state index in [9.17, 15) is 0 Å². The maximum atomic E-state index is 6.41. The van der Waals surface area contributed by atoms with Crippen LogP contribution in [0.2, 0.25) is 0 Å². The van der Waals surface area contributed by atoms with Gasteiger partial charge in [-0.15, -0.1) is 0 Å². The van der Waals surface area contributed by atoms with Crippen molar-refractivity contribution in [3.05, 3.63) is 17.5 Å². The van der Waals surface area contributed by atoms with Gasteiger partial charge in [0.15, 0.2) is 0 Å². The van der Waals surface area contributed by atoms with Gasteiger partial charge >= 0.3 is 0 Å². The van der Waals surface area contributed by atoms with Gasteiger partial charge in [0.2, 0.25) is 0 Å². The molecule has 28 heavy (non-hydrogen) atoms. The monoisotopic (exact) mass is 392 g/mol. The number of hydrogen-bond donors (Lipinski definition) is 2. The summed E-state index contributed by atoms with van der Waals surface area (Å²) in [5.74, 6) is 0.590. The van der Waals surface area contributed by atoms with Crippen LogP contribution in [0.5, 0.6) is 0 Å². The molecule has 0 bridgehead atoms. The zero-order valence-corrected chi connectivity index (χ0v) is 18.1. The number of H-pyrrole nitrogens is 1. The van der Waals surface area contributed by atoms with Crippen LogP contribution in [0.3, 0.4) is 0 Å². The van der Waals surface area contributed by atoms with Crippen molar-refractivity contribution in [1.29, 1.82) is 0 Å². The van der Waals surface area contributed by atoms with Crippen LogP contribution in [0.25, 0.3) is 0 Å². The van der Waals surface area contributed by atoms with Crippen LogP contribution in [0.1, 0.15) is 68.5 Å². The topological polar surface area (TPSA) is 62.4 Å². The van der Waals surface area contributed by atoms with Gasteiger partial charge < -0.3 is 19.7 Å². The number of methoxy groups -OCH3 is 1. The van der Waals surface area contributed by atoms with Crippen molar-refractivity contribution in [2.75, 3.05) is 47.5 Å². The van der Waals surface area contributed by atoms with Gasteiger partial charge in [-0.3, -0.25) is 5.10 Å². The Labute approximate surface area is 170 Å². The molecule has 2 saturated carbocycles. The average molecular weight is 393 g/mol. The number of nitrogens with one attached hydrogen (secondary N) is 2. The van der Waals surface area contributed by atoms with Crippen LogP contribution in [-0.2, 0) is 16.0 Å². The third kappa shape index (κ3) is 5.35. The number of rotatable bonds is 11. The first kappa shape index (κ1) is 21.8. The van der Waals surface area contributed by atoms with Crippen LogP contribution in [0, 0.1) is 5.41 Å². The SMILES string of the molecule is CNCCN(C)Cc1cn[nH]c1[C@H]1CC[C@H](OCCCOC)C2(CCCC2)C1. The molecule has 3 rings (SSSR count). The lowest BCUT2D eigenvalue weighted by molar-refractivity contribution is -0.0736. The number of aromatic amines is 1. The van der Waals surface area contributed by atoms with Gasteiger partial charge in [-0.2, -0.15) is 5.10 Å². The van der Waals surface area contributed by atoms with Crippen LogP contribution < -0.4 is 5.32 Å². The molecule has 1 aromatic rings. The van der Waals surface area contributed by atoms with Crippen molar-refractivity contribution in [3.63, 3.8) is 0 Å². The minimum atomic E-state index is 0.371. The lowest BCUT2D eigenvalue weighted by Crippen LogP contribution is -2.41. The lowest BCUT2D eigenvalue weighted by atomic mass is 9.65. The van der Waals surface area contributed by atoms with E-state index in [1.165, 1.54) is 56.2 Å². The Hall–Kier alpha value is -0.950. The first-order chi connectivity index (χ1) is 13.7. The molecule has 2 aliphatic rings. The van der Waals surface area contributed by atoms with Crippen molar-refractivity contribution in [3.8, 4) is 0 Å². The highest BCUT2D eigenvalue weighted by Crippen LogP contribution is 2.54. The van der Waals surface area contributed by atoms with E-state index in [-0.39, 0.29) is 0 Å². The molecule has 1 heterocycles. The number of ether oxygens (including phenoxy) is 2. The normalized spacial score (nSPS) is 24.4. The first-order valence-corrected chi connectivity index (χ1v) is 11.1. The molecule has 2 N–H and O–H groups in total. The predicted molar refractivity (Wildman–Crippen MR) is 113 cm³/mol. The molecule has 0 unspecified atom stereocenters. The number of nitrogens with zero attached hydrogens (tertiary/aromatic N) is 2. The van der Waals surface area contributed by atoms with Crippen molar-refractivity contribution in [1.82, 2.24) is 20.4 Å². The van der Waals surface area contributed by atoms with Gasteiger partial charge in [-0.25, -0.2) is 0 Å². The largest absolute Gasteiger partial charge is 0.385 e. The van der Waals surface area contributed by atoms with E-state index in [1.54, 1.807) is 7.11 Å². The highest BCUT2D eigenvalue weighted by Gasteiger charge is 2.47. The molecule has 6 nitrogen and oxygen atoms in total. The van der Waals surface area contributed by atoms with Gasteiger partial charge in [0.1, 0.15) is 0 Å². The molecule has 0 aliphatic heterocycles. The lowest BCUT2D eigenvalue weighted by Gasteiger charge is -2.44. The third-order valence-electron chi connectivity index (χ3n) is 6.87. The van der Waals surface area contributed by atoms with E-state index < -0.39 is 0 Å². The molecule has 0 saturated heterocycles. The Morgan fingerprint density at radius 2 is 2.11 bits per heavy atom. The Morgan fingerprint density at radius 3 is 2.86 bits per heavy atom. The third-order valence-corrected chi connectivity index (χ3v) is 6.87. The van der Waals surface area contributed by atoms with Gasteiger partial charge in [-0.1, -0.05) is 12.8 Å². The van der Waals surface area contributed by atoms with Gasteiger partial charge in [0.25, 0.3) is 0 Å². The van der Waals surface area contributed by atoms with Gasteiger partial charge in [0.05, 0.1) is 12.3 Å². The fourth-order valence-corrected chi connectivity index (χ4v) is 5.40. The Morgan fingerprint density at radius 1 is 1.29 bits per heavy atom. The summed E-state index contributed by atoms with van der Waals surface area (Å²) in [5.41, 5.74) is 3.12. The maximum Gasteiger partial charge on any atom is 0.0631 e. The molecule has 2 aliphatic carbocycles. The second kappa shape index (κ2) is 10.7. The molecule has 6 heteroatoms. The molecular formula is C22H40N4O2. The first-order valence-electron chi connectivity index (χ1n) is 11.1. The van der Waals surface area contributed by atoms with Crippen LogP contribution >= 0.6 is 0 Å². The zero-order chi connectivity index (χ0) is 19.8. The fraction of sp³-hybridized carbons (Fsp3) is 0.864. The molecule has 0 aromatic carbocycles. The number of aromatic nitrogens is 2. The van der Waals surface area contributed by atoms with Crippen LogP contribution in [0.4, 0.5) is 0 Å². The minimum Gasteiger partial charge on any atom is -0.385 e. The van der Waals surface area contributed by atoms with Crippen LogP contribution in [-0.4, -0.2) is 68.7 Å². The van der Waals surface area contributed by atoms with Crippen molar-refractivity contribution < 1.29 is 9.47 Å². The average Bonchev–Trinajstić information content (AvgIpc) is 3.35. The van der Waals surface area contributed by atoms with E-state index in [2.05, 4.69) is 27.5 Å². The standard InChI is InChI=1S/C22H40N4O2/c1-23-11-12-26(2)17-19-16-24-25-21(19)18-7-8-20(28-14-6-13-27-3)22(15-18)9-4-5-10-22/h16,18,20,23H,4-15,17H2,1-3H3,(H,24,25)/t18-,20-/m0/s1. The predicted octanol–water partition coefficient (Wildman–Crippen LogP) is 3.31. The highest BCUT2D eigenvalue weighted by atomic mass is 16.5. The molecule has 0 amide bonds. The van der Waals surface area contributed by atoms with Crippen molar-refractivity contribution in [2.45, 2.75) is 69.9 Å². The smallest absolute Gasteiger partial charge is 0.0631 e. The van der Waals surface area contributed by atoms with E-state index in [4.69, 9.17) is 9.47 Å². The summed E-state index contributed by atoms with van der Waals surface area (Å²) in [7, 11) is 5.97. The van der Waals surface area contributed by atoms with Crippen molar-refractivity contribution in [2.24, 2.45) is 5.41 Å². The van der Waals surface area contributed by atoms with Crippen molar-refractivity contribution >= 4 is 0 Å². The Bertz CT molecular complexity index is 571. The van der Waals surface area contributed by atoms with E-state index >= 15 is 0 Å². The second-order valence-corrected chi connectivity index (χ2v) is 8.90. The van der Waals surface area contributed by atoms with Gasteiger partial charge in [-0.05, 0) is 58.0 Å². The zero-order valence-electron chi connectivity index (χ0n) is 18.1. The highest BCUT2D eigenvalue weighted by molar-refractivity contribution is 5.22. The van der Waals surface area contributed by atoms with Crippen LogP contribution in [0.15, 0.2) is 6.20 Å². The summed E-state index contributed by atoms with van der Waals surface area (Å²) in [4.78, 5) is 2.38. The second-order valence-electron chi connectivity index (χ2n) is 8.90. The molecule has 2 atom stereocenters. The van der Waals surface area contributed by atoms with E-state index in [0.29, 0.717) is 17.4 Å². The minimum absolute atomic E-state index is 0.371. The maximum absolute atomic E-state index is 6.41. The fourth-order valence-electron chi connectivity index (χ4n) is 5.40.